The van der Waals surface area contributed by atoms with E-state index in [0.717, 1.165) is 18.6 Å². The number of ether oxygens (including phenoxy) is 1. The van der Waals surface area contributed by atoms with Gasteiger partial charge >= 0.3 is 0 Å². The minimum Gasteiger partial charge on any atom is -0.507 e. The summed E-state index contributed by atoms with van der Waals surface area (Å²) in [6.07, 6.45) is 7.51. The van der Waals surface area contributed by atoms with Crippen molar-refractivity contribution in [2.24, 2.45) is 5.16 Å². The summed E-state index contributed by atoms with van der Waals surface area (Å²) in [5.74, 6) is 0.116. The number of hydrogen-bond donors (Lipinski definition) is 2. The Kier molecular flexibility index (Phi) is 8.51. The number of phenolic OH excluding ortho intramolecular Hbond substituents is 1. The van der Waals surface area contributed by atoms with Gasteiger partial charge in [-0.05, 0) is 31.0 Å². The van der Waals surface area contributed by atoms with Gasteiger partial charge in [0.25, 0.3) is 0 Å². The molecule has 1 aromatic carbocycles. The van der Waals surface area contributed by atoms with E-state index >= 15 is 0 Å². The number of phenols is 1. The molecule has 0 unspecified atom stereocenters. The molecule has 0 aromatic heterocycles. The summed E-state index contributed by atoms with van der Waals surface area (Å²) in [7, 11) is 0. The first kappa shape index (κ1) is 17.5. The van der Waals surface area contributed by atoms with E-state index in [-0.39, 0.29) is 5.75 Å². The maximum atomic E-state index is 9.72. The zero-order valence-electron chi connectivity index (χ0n) is 13.1. The number of nitrogens with zero attached hydrogens (tertiary/aromatic N) is 1. The molecule has 0 aliphatic heterocycles. The maximum Gasteiger partial charge on any atom is 0.124 e. The van der Waals surface area contributed by atoms with E-state index in [0.29, 0.717) is 17.9 Å². The van der Waals surface area contributed by atoms with Crippen LogP contribution in [0.5, 0.6) is 5.75 Å². The predicted molar refractivity (Wildman–Crippen MR) is 85.1 cm³/mol. The molecule has 0 bridgehead atoms. The minimum atomic E-state index is 0.116. The van der Waals surface area contributed by atoms with Crippen LogP contribution in [0.15, 0.2) is 23.4 Å². The molecule has 0 saturated heterocycles. The van der Waals surface area contributed by atoms with E-state index in [9.17, 15) is 5.11 Å². The minimum absolute atomic E-state index is 0.116. The number of oxime groups is 1. The average molecular weight is 293 g/mol. The highest BCUT2D eigenvalue weighted by Crippen LogP contribution is 2.20. The fourth-order valence-corrected chi connectivity index (χ4v) is 2.19. The van der Waals surface area contributed by atoms with Gasteiger partial charge in [-0.1, -0.05) is 50.2 Å². The van der Waals surface area contributed by atoms with Crippen LogP contribution in [0.2, 0.25) is 0 Å². The lowest BCUT2D eigenvalue weighted by Gasteiger charge is -2.08. The second-order valence-electron chi connectivity index (χ2n) is 5.36. The van der Waals surface area contributed by atoms with Gasteiger partial charge in [0.05, 0.1) is 12.3 Å². The van der Waals surface area contributed by atoms with Crippen LogP contribution < -0.4 is 0 Å². The summed E-state index contributed by atoms with van der Waals surface area (Å²) in [5.41, 5.74) is 1.90. The summed E-state index contributed by atoms with van der Waals surface area (Å²) in [5, 5.41) is 21.6. The number of hydrogen-bond acceptors (Lipinski definition) is 4. The van der Waals surface area contributed by atoms with E-state index in [2.05, 4.69) is 12.1 Å². The molecule has 4 heteroatoms. The van der Waals surface area contributed by atoms with Crippen LogP contribution in [0.4, 0.5) is 0 Å². The lowest BCUT2D eigenvalue weighted by atomic mass is 10.1. The molecule has 0 atom stereocenters. The van der Waals surface area contributed by atoms with Crippen molar-refractivity contribution in [1.82, 2.24) is 0 Å². The molecule has 0 radical (unpaired) electrons. The van der Waals surface area contributed by atoms with Gasteiger partial charge in [-0.2, -0.15) is 0 Å². The fourth-order valence-electron chi connectivity index (χ4n) is 2.19. The van der Waals surface area contributed by atoms with E-state index < -0.39 is 0 Å². The third-order valence-corrected chi connectivity index (χ3v) is 3.51. The Morgan fingerprint density at radius 1 is 1.14 bits per heavy atom. The van der Waals surface area contributed by atoms with Crippen molar-refractivity contribution in [3.05, 3.63) is 29.3 Å². The summed E-state index contributed by atoms with van der Waals surface area (Å²) in [4.78, 5) is 0. The first-order chi connectivity index (χ1) is 10.2. The van der Waals surface area contributed by atoms with Crippen LogP contribution in [-0.2, 0) is 11.3 Å². The van der Waals surface area contributed by atoms with E-state index in [1.54, 1.807) is 19.1 Å². The highest BCUT2D eigenvalue weighted by molar-refractivity contribution is 6.00. The Morgan fingerprint density at radius 3 is 2.57 bits per heavy atom. The van der Waals surface area contributed by atoms with Gasteiger partial charge in [-0.15, -0.1) is 0 Å². The molecule has 0 spiro atoms. The van der Waals surface area contributed by atoms with Gasteiger partial charge in [-0.3, -0.25) is 0 Å². The summed E-state index contributed by atoms with van der Waals surface area (Å²) < 4.78 is 5.65. The molecule has 0 heterocycles. The van der Waals surface area contributed by atoms with E-state index in [4.69, 9.17) is 9.94 Å². The maximum absolute atomic E-state index is 9.72. The van der Waals surface area contributed by atoms with Crippen LogP contribution in [0.1, 0.15) is 63.5 Å². The Morgan fingerprint density at radius 2 is 1.86 bits per heavy atom. The Hall–Kier alpha value is -1.55. The third kappa shape index (κ3) is 6.63. The number of aromatic hydroxyl groups is 1. The highest BCUT2D eigenvalue weighted by atomic mass is 16.5. The highest BCUT2D eigenvalue weighted by Gasteiger charge is 2.06. The van der Waals surface area contributed by atoms with Crippen molar-refractivity contribution in [1.29, 1.82) is 0 Å². The zero-order valence-corrected chi connectivity index (χ0v) is 13.1. The van der Waals surface area contributed by atoms with Crippen molar-refractivity contribution >= 4 is 5.71 Å². The molecular formula is C17H27NO3. The van der Waals surface area contributed by atoms with Gasteiger partial charge in [-0.25, -0.2) is 0 Å². The number of unbranched alkanes of at least 4 members (excludes halogenated alkanes) is 5. The van der Waals surface area contributed by atoms with Crippen LogP contribution >= 0.6 is 0 Å². The molecule has 118 valence electrons. The van der Waals surface area contributed by atoms with Gasteiger partial charge in [0.2, 0.25) is 0 Å². The summed E-state index contributed by atoms with van der Waals surface area (Å²) in [6, 6.07) is 5.23. The van der Waals surface area contributed by atoms with Crippen LogP contribution in [0.3, 0.4) is 0 Å². The fraction of sp³-hybridized carbons (Fsp3) is 0.588. The first-order valence-corrected chi connectivity index (χ1v) is 7.77. The molecule has 21 heavy (non-hydrogen) atoms. The largest absolute Gasteiger partial charge is 0.507 e. The molecule has 2 N–H and O–H groups in total. The van der Waals surface area contributed by atoms with Crippen LogP contribution in [0, 0.1) is 0 Å². The van der Waals surface area contributed by atoms with Crippen LogP contribution in [-0.4, -0.2) is 22.6 Å². The third-order valence-electron chi connectivity index (χ3n) is 3.51. The van der Waals surface area contributed by atoms with Gasteiger partial charge in [0.1, 0.15) is 5.75 Å². The van der Waals surface area contributed by atoms with Gasteiger partial charge in [0, 0.05) is 12.2 Å². The quantitative estimate of drug-likeness (QED) is 0.289. The standard InChI is InChI=1S/C17H27NO3/c1-3-4-5-6-7-8-11-21-13-15-9-10-17(19)16(12-15)14(2)18-20/h9-10,12,19-20H,3-8,11,13H2,1-2H3/b18-14+. The second kappa shape index (κ2) is 10.2. The van der Waals surface area contributed by atoms with Crippen molar-refractivity contribution in [2.45, 2.75) is 59.0 Å². The predicted octanol–water partition coefficient (Wildman–Crippen LogP) is 4.47. The molecule has 0 fully saturated rings. The SMILES string of the molecule is CCCCCCCCOCc1ccc(O)c(/C(C)=N/O)c1. The topological polar surface area (TPSA) is 62.0 Å². The average Bonchev–Trinajstić information content (AvgIpc) is 2.50. The van der Waals surface area contributed by atoms with E-state index in [1.807, 2.05) is 6.07 Å². The molecule has 1 aromatic rings. The Labute approximate surface area is 127 Å². The number of rotatable bonds is 10. The monoisotopic (exact) mass is 293 g/mol. The first-order valence-electron chi connectivity index (χ1n) is 7.77. The molecule has 0 saturated carbocycles. The molecule has 0 aliphatic rings. The summed E-state index contributed by atoms with van der Waals surface area (Å²) in [6.45, 7) is 5.14. The normalized spacial score (nSPS) is 11.8. The zero-order chi connectivity index (χ0) is 15.5. The lowest BCUT2D eigenvalue weighted by Crippen LogP contribution is -2.00. The van der Waals surface area contributed by atoms with Gasteiger partial charge < -0.3 is 15.1 Å². The molecule has 0 amide bonds. The van der Waals surface area contributed by atoms with Crippen molar-refractivity contribution in [3.63, 3.8) is 0 Å². The molecular weight excluding hydrogens is 266 g/mol. The second-order valence-corrected chi connectivity index (χ2v) is 5.36. The van der Waals surface area contributed by atoms with Crippen LogP contribution in [0.25, 0.3) is 0 Å². The Bertz CT molecular complexity index is 444. The molecule has 1 rings (SSSR count). The van der Waals surface area contributed by atoms with E-state index in [1.165, 1.54) is 32.1 Å². The Balaban J connectivity index is 2.29. The van der Waals surface area contributed by atoms with Gasteiger partial charge in [0.15, 0.2) is 0 Å². The van der Waals surface area contributed by atoms with Crippen molar-refractivity contribution < 1.29 is 15.1 Å². The molecule has 4 nitrogen and oxygen atoms in total. The smallest absolute Gasteiger partial charge is 0.124 e. The lowest BCUT2D eigenvalue weighted by molar-refractivity contribution is 0.116. The summed E-state index contributed by atoms with van der Waals surface area (Å²) >= 11 is 0. The van der Waals surface area contributed by atoms with Crippen molar-refractivity contribution in [2.75, 3.05) is 6.61 Å². The molecule has 0 aliphatic carbocycles. The van der Waals surface area contributed by atoms with Crippen molar-refractivity contribution in [3.8, 4) is 5.75 Å². The number of benzene rings is 1.